The summed E-state index contributed by atoms with van der Waals surface area (Å²) < 4.78 is 42.4. The number of carbonyl (C=O) groups is 3. The van der Waals surface area contributed by atoms with Crippen molar-refractivity contribution in [3.05, 3.63) is 59.7 Å². The van der Waals surface area contributed by atoms with Crippen molar-refractivity contribution in [2.75, 3.05) is 13.6 Å². The van der Waals surface area contributed by atoms with Crippen LogP contribution >= 0.6 is 0 Å². The van der Waals surface area contributed by atoms with E-state index in [-0.39, 0.29) is 18.5 Å². The fourth-order valence-corrected chi connectivity index (χ4v) is 3.74. The Kier molecular flexibility index (Phi) is 7.37. The van der Waals surface area contributed by atoms with Crippen LogP contribution in [0.5, 0.6) is 11.5 Å². The molecule has 1 aliphatic carbocycles. The molecule has 0 spiro atoms. The largest absolute Gasteiger partial charge is 0.480 e. The first kappa shape index (κ1) is 24.2. The fraction of sp³-hybridized carbons (Fsp3) is 0.348. The first-order valence-corrected chi connectivity index (χ1v) is 10.2. The highest BCUT2D eigenvalue weighted by Gasteiger charge is 2.55. The van der Waals surface area contributed by atoms with Crippen molar-refractivity contribution in [1.82, 2.24) is 10.2 Å². The molecule has 3 atom stereocenters. The molecule has 33 heavy (non-hydrogen) atoms. The summed E-state index contributed by atoms with van der Waals surface area (Å²) in [5.41, 5.74) is -0.226. The maximum atomic E-state index is 12.4. The van der Waals surface area contributed by atoms with Gasteiger partial charge in [-0.25, -0.2) is 4.79 Å². The van der Waals surface area contributed by atoms with Crippen molar-refractivity contribution in [3.63, 3.8) is 0 Å². The summed E-state index contributed by atoms with van der Waals surface area (Å²) in [4.78, 5) is 34.5. The maximum Gasteiger partial charge on any atom is 0.416 e. The number of rotatable bonds is 6. The Morgan fingerprint density at radius 2 is 1.67 bits per heavy atom. The Labute approximate surface area is 188 Å². The second-order valence-electron chi connectivity index (χ2n) is 7.80. The van der Waals surface area contributed by atoms with Gasteiger partial charge in [0.2, 0.25) is 5.91 Å². The number of carbonyl (C=O) groups excluding carboxylic acids is 2. The number of amides is 1. The van der Waals surface area contributed by atoms with Crippen molar-refractivity contribution in [2.24, 2.45) is 5.92 Å². The molecule has 2 N–H and O–H groups in total. The van der Waals surface area contributed by atoms with Crippen LogP contribution in [0, 0.1) is 5.92 Å². The molecule has 1 aliphatic heterocycles. The van der Waals surface area contributed by atoms with E-state index in [1.165, 1.54) is 12.1 Å². The van der Waals surface area contributed by atoms with Gasteiger partial charge in [-0.15, -0.1) is 0 Å². The Hall–Kier alpha value is -3.40. The minimum atomic E-state index is -4.36. The monoisotopic (exact) mass is 464 g/mol. The summed E-state index contributed by atoms with van der Waals surface area (Å²) in [5, 5.41) is 11.7. The maximum absolute atomic E-state index is 12.4. The van der Waals surface area contributed by atoms with E-state index < -0.39 is 23.8 Å². The number of likely N-dealkylation sites (tertiary alicyclic amines) is 1. The third-order valence-corrected chi connectivity index (χ3v) is 5.44. The molecule has 0 aromatic heterocycles. The predicted molar refractivity (Wildman–Crippen MR) is 112 cm³/mol. The summed E-state index contributed by atoms with van der Waals surface area (Å²) in [6, 6.07) is 10.3. The zero-order chi connectivity index (χ0) is 24.2. The van der Waals surface area contributed by atoms with Crippen LogP contribution in [0.15, 0.2) is 48.5 Å². The number of halogens is 3. The van der Waals surface area contributed by atoms with Crippen molar-refractivity contribution in [3.8, 4) is 11.5 Å². The highest BCUT2D eigenvalue weighted by atomic mass is 19.4. The van der Waals surface area contributed by atoms with Gasteiger partial charge in [0, 0.05) is 11.6 Å². The van der Waals surface area contributed by atoms with Crippen molar-refractivity contribution >= 4 is 18.2 Å². The third kappa shape index (κ3) is 6.10. The van der Waals surface area contributed by atoms with Crippen LogP contribution in [0.1, 0.15) is 28.8 Å². The smallest absolute Gasteiger partial charge is 0.416 e. The number of ether oxygens (including phenoxy) is 1. The molecule has 1 saturated carbocycles. The number of piperidine rings is 1. The third-order valence-electron chi connectivity index (χ3n) is 5.44. The lowest BCUT2D eigenvalue weighted by Gasteiger charge is -2.24. The minimum Gasteiger partial charge on any atom is -0.480 e. The van der Waals surface area contributed by atoms with Gasteiger partial charge in [0.05, 0.1) is 12.1 Å². The SMILES string of the molecule is CNCC(=O)N1C(C(=O)O)CC2CC21.O=Cc1ccc(Oc2ccc(C(F)(F)F)cc2)cc1. The molecule has 1 saturated heterocycles. The van der Waals surface area contributed by atoms with Gasteiger partial charge in [0.1, 0.15) is 23.8 Å². The number of fused-ring (bicyclic) bond motifs is 1. The first-order valence-electron chi connectivity index (χ1n) is 10.2. The van der Waals surface area contributed by atoms with Gasteiger partial charge in [-0.1, -0.05) is 0 Å². The van der Waals surface area contributed by atoms with Crippen molar-refractivity contribution in [2.45, 2.75) is 31.1 Å². The van der Waals surface area contributed by atoms with E-state index in [1.807, 2.05) is 0 Å². The number of nitrogens with zero attached hydrogens (tertiary/aromatic N) is 1. The number of hydrogen-bond donors (Lipinski definition) is 2. The number of aldehydes is 1. The van der Waals surface area contributed by atoms with Crippen LogP contribution in [0.4, 0.5) is 13.2 Å². The predicted octanol–water partition coefficient (Wildman–Crippen LogP) is 3.59. The number of nitrogens with one attached hydrogen (secondary N) is 1. The topological polar surface area (TPSA) is 95.9 Å². The Morgan fingerprint density at radius 3 is 2.15 bits per heavy atom. The van der Waals surface area contributed by atoms with Crippen molar-refractivity contribution < 1.29 is 37.4 Å². The lowest BCUT2D eigenvalue weighted by Crippen LogP contribution is -2.46. The summed E-state index contributed by atoms with van der Waals surface area (Å²) in [6.07, 6.45) is -2.04. The Balaban J connectivity index is 0.000000194. The molecule has 0 radical (unpaired) electrons. The van der Waals surface area contributed by atoms with Gasteiger partial charge in [-0.3, -0.25) is 9.59 Å². The summed E-state index contributed by atoms with van der Waals surface area (Å²) in [7, 11) is 1.69. The minimum absolute atomic E-state index is 0.0927. The van der Waals surface area contributed by atoms with E-state index >= 15 is 0 Å². The van der Waals surface area contributed by atoms with Gasteiger partial charge >= 0.3 is 12.1 Å². The molecule has 7 nitrogen and oxygen atoms in total. The number of benzene rings is 2. The van der Waals surface area contributed by atoms with Crippen molar-refractivity contribution in [1.29, 1.82) is 0 Å². The Bertz CT molecular complexity index is 993. The van der Waals surface area contributed by atoms with E-state index in [0.29, 0.717) is 35.7 Å². The number of aliphatic carboxylic acids is 1. The van der Waals surface area contributed by atoms with Crippen LogP contribution in [0.2, 0.25) is 0 Å². The molecular formula is C23H23F3N2O5. The highest BCUT2D eigenvalue weighted by molar-refractivity contribution is 5.86. The summed E-state index contributed by atoms with van der Waals surface area (Å²) in [6.45, 7) is 0.229. The van der Waals surface area contributed by atoms with E-state index in [2.05, 4.69) is 5.32 Å². The molecule has 2 aromatic rings. The Morgan fingerprint density at radius 1 is 1.09 bits per heavy atom. The molecule has 10 heteroatoms. The van der Waals surface area contributed by atoms with Crippen LogP contribution in [0.3, 0.4) is 0 Å². The average Bonchev–Trinajstić information content (AvgIpc) is 3.43. The van der Waals surface area contributed by atoms with Gasteiger partial charge in [-0.2, -0.15) is 13.2 Å². The second kappa shape index (κ2) is 10.0. The zero-order valence-electron chi connectivity index (χ0n) is 17.7. The number of carboxylic acid groups (broad SMARTS) is 1. The number of alkyl halides is 3. The summed E-state index contributed by atoms with van der Waals surface area (Å²) >= 11 is 0. The molecule has 2 fully saturated rings. The molecular weight excluding hydrogens is 441 g/mol. The van der Waals surface area contributed by atoms with E-state index in [1.54, 1.807) is 36.2 Å². The molecule has 4 rings (SSSR count). The van der Waals surface area contributed by atoms with Crippen LogP contribution in [-0.2, 0) is 15.8 Å². The van der Waals surface area contributed by atoms with Crippen LogP contribution in [-0.4, -0.2) is 53.8 Å². The molecule has 1 heterocycles. The standard InChI is InChI=1S/C14H9F3O2.C9H14N2O3/c15-14(16,17)11-3-7-13(8-4-11)19-12-5-1-10(9-18)2-6-12;1-10-4-8(12)11-6-2-5(6)3-7(11)9(13)14/h1-9H;5-7,10H,2-4H2,1H3,(H,13,14). The van der Waals surface area contributed by atoms with Gasteiger partial charge in [0.25, 0.3) is 0 Å². The fourth-order valence-electron chi connectivity index (χ4n) is 3.74. The van der Waals surface area contributed by atoms with E-state index in [0.717, 1.165) is 18.6 Å². The first-order chi connectivity index (χ1) is 15.6. The van der Waals surface area contributed by atoms with Gasteiger partial charge in [-0.05, 0) is 74.3 Å². The van der Waals surface area contributed by atoms with Gasteiger partial charge in [0.15, 0.2) is 0 Å². The van der Waals surface area contributed by atoms with Gasteiger partial charge < -0.3 is 20.1 Å². The van der Waals surface area contributed by atoms with E-state index in [9.17, 15) is 27.6 Å². The molecule has 3 unspecified atom stereocenters. The van der Waals surface area contributed by atoms with Crippen LogP contribution < -0.4 is 10.1 Å². The second-order valence-corrected chi connectivity index (χ2v) is 7.80. The lowest BCUT2D eigenvalue weighted by atomic mass is 10.1. The molecule has 176 valence electrons. The number of carboxylic acids is 1. The molecule has 0 bridgehead atoms. The van der Waals surface area contributed by atoms with Crippen LogP contribution in [0.25, 0.3) is 0 Å². The lowest BCUT2D eigenvalue weighted by molar-refractivity contribution is -0.149. The van der Waals surface area contributed by atoms with E-state index in [4.69, 9.17) is 9.84 Å². The average molecular weight is 464 g/mol. The summed E-state index contributed by atoms with van der Waals surface area (Å²) in [5.74, 6) is 0.223. The normalized spacial score (nSPS) is 20.8. The highest BCUT2D eigenvalue weighted by Crippen LogP contribution is 2.47. The molecule has 1 amide bonds. The quantitative estimate of drug-likeness (QED) is 0.635. The molecule has 2 aromatic carbocycles. The number of likely N-dealkylation sites (N-methyl/N-ethyl adjacent to an activating group) is 1. The zero-order valence-corrected chi connectivity index (χ0v) is 17.7. The number of hydrogen-bond acceptors (Lipinski definition) is 5. The molecule has 2 aliphatic rings.